The Hall–Kier alpha value is -8.24. The lowest BCUT2D eigenvalue weighted by Gasteiger charge is -2.27. The number of hydrogen-bond donors (Lipinski definition) is 4. The van der Waals surface area contributed by atoms with E-state index in [4.69, 9.17) is 10.8 Å². The molecule has 0 saturated heterocycles. The summed E-state index contributed by atoms with van der Waals surface area (Å²) in [6.45, 7) is 5.54. The Morgan fingerprint density at radius 3 is 1.18 bits per heavy atom. The van der Waals surface area contributed by atoms with Crippen LogP contribution < -0.4 is 16.4 Å². The third-order valence-electron chi connectivity index (χ3n) is 17.0. The van der Waals surface area contributed by atoms with Crippen LogP contribution in [0.25, 0.3) is 0 Å². The van der Waals surface area contributed by atoms with Crippen LogP contribution >= 0.6 is 23.5 Å². The summed E-state index contributed by atoms with van der Waals surface area (Å²) in [5.74, 6) is -2.40. The molecule has 0 radical (unpaired) electrons. The van der Waals surface area contributed by atoms with Gasteiger partial charge in [0.15, 0.2) is 9.84 Å². The van der Waals surface area contributed by atoms with Crippen molar-refractivity contribution in [2.75, 3.05) is 18.8 Å². The molecule has 5 N–H and O–H groups in total. The summed E-state index contributed by atoms with van der Waals surface area (Å²) in [5, 5.41) is 15.0. The lowest BCUT2D eigenvalue weighted by atomic mass is 9.99. The van der Waals surface area contributed by atoms with Gasteiger partial charge in [-0.2, -0.15) is 0 Å². The van der Waals surface area contributed by atoms with Crippen molar-refractivity contribution in [3.8, 4) is 0 Å². The highest BCUT2D eigenvalue weighted by Crippen LogP contribution is 2.44. The number of benzene rings is 6. The zero-order valence-corrected chi connectivity index (χ0v) is 55.1. The quantitative estimate of drug-likeness (QED) is 0.0627. The van der Waals surface area contributed by atoms with Crippen LogP contribution in [0.15, 0.2) is 179 Å². The summed E-state index contributed by atoms with van der Waals surface area (Å²) >= 11 is 3.11. The first kappa shape index (κ1) is 79.4. The van der Waals surface area contributed by atoms with Crippen LogP contribution in [0, 0.1) is 56.0 Å². The van der Waals surface area contributed by atoms with Gasteiger partial charge in [-0.3, -0.25) is 24.0 Å². The molecule has 12 rings (SSSR count). The molecule has 3 heterocycles. The van der Waals surface area contributed by atoms with Crippen LogP contribution in [0.4, 0.5) is 13.2 Å². The molecule has 3 aliphatic carbocycles. The fourth-order valence-electron chi connectivity index (χ4n) is 11.3. The molecule has 97 heavy (non-hydrogen) atoms. The summed E-state index contributed by atoms with van der Waals surface area (Å²) in [5.41, 5.74) is 11.4. The van der Waals surface area contributed by atoms with E-state index >= 15 is 0 Å². The molecule has 3 fully saturated rings. The molecule has 6 atom stereocenters. The second kappa shape index (κ2) is 35.3. The number of nitrogens with zero attached hydrogens (tertiary/aromatic N) is 3. The van der Waals surface area contributed by atoms with Gasteiger partial charge in [0.2, 0.25) is 11.8 Å². The summed E-state index contributed by atoms with van der Waals surface area (Å²) in [6.07, 6.45) is 22.2. The highest BCUT2D eigenvalue weighted by molar-refractivity contribution is 7.98. The second-order valence-corrected chi connectivity index (χ2v) is 28.0. The number of carboxylic acids is 1. The monoisotopic (exact) mass is 1390 g/mol. The molecule has 6 aliphatic rings. The first-order chi connectivity index (χ1) is 44.4. The Kier molecular flexibility index (Phi) is 28.9. The van der Waals surface area contributed by atoms with Gasteiger partial charge in [-0.15, -0.1) is 23.5 Å². The SMILES string of the molecule is C.C.C.C.CSc1cccc(C(=O)N2C=CC[C@@H]2C(=O)N[C@@H](c2ccc(C)cc2F)C2CC2)c1.CSc1cccc(C(=O)N2C=CC[C@@H]2C(=O)O)c1.Cc1ccc([C@H](N)C2CC2)c(F)c1.Cc1ccc([C@H](NC(=O)[C@H]2CC=CN2C(=O)c2cccc(S(C)(=O)=O)c2)C2CC2)c(F)c1. The molecular weight excluding hydrogens is 1290 g/mol. The van der Waals surface area contributed by atoms with Gasteiger partial charge in [0.25, 0.3) is 17.7 Å². The van der Waals surface area contributed by atoms with Gasteiger partial charge in [0.05, 0.1) is 17.0 Å². The van der Waals surface area contributed by atoms with E-state index in [0.717, 1.165) is 71.3 Å². The number of aliphatic carboxylic acids is 1. The molecule has 0 aromatic heterocycles. The van der Waals surface area contributed by atoms with Gasteiger partial charge in [-0.05, 0) is 198 Å². The number of thioether (sulfide) groups is 2. The summed E-state index contributed by atoms with van der Waals surface area (Å²) in [7, 11) is -3.47. The van der Waals surface area contributed by atoms with Crippen LogP contribution in [0.1, 0.15) is 170 Å². The summed E-state index contributed by atoms with van der Waals surface area (Å²) in [6, 6.07) is 32.6. The van der Waals surface area contributed by atoms with Crippen molar-refractivity contribution >= 4 is 68.9 Å². The third-order valence-corrected chi connectivity index (χ3v) is 19.6. The van der Waals surface area contributed by atoms with E-state index in [1.807, 2.05) is 87.9 Å². The van der Waals surface area contributed by atoms with Gasteiger partial charge < -0.3 is 36.2 Å². The third kappa shape index (κ3) is 20.4. The molecule has 3 saturated carbocycles. The standard InChI is InChI=1S/C24H25FN2O4S.C24H25FN2O2S.C13H13NO3S.C11H14FN.4CH4/c1-15-8-11-19(20(25)13-15)22(16-9-10-16)26-23(28)21-7-4-12-27(21)24(29)17-5-3-6-18(14-17)32(2,30)31;1-15-8-11-19(20(25)13-15)22(16-9-10-16)26-23(28)21-7-4-12-27(21)24(29)17-5-3-6-18(14-17)30-2;1-18-10-5-2-4-9(8-10)12(15)14-7-3-6-11(14)13(16)17;1-7-2-5-9(10(12)6-7)11(13)8-3-4-8;;;;/h3-6,8,11-14,16,21-22H,7,9-10H2,1-2H3,(H,26,28);3-6,8,11-14,16,21-22H,7,9-10H2,1-2H3,(H,26,28);2-5,7-8,11H,6H2,1H3,(H,16,17);2,5-6,8,11H,3-4,13H2,1H3;4*1H4/t2*21-,22-;2*11-;;;;/m1111..../s1. The van der Waals surface area contributed by atoms with Crippen molar-refractivity contribution in [1.82, 2.24) is 25.3 Å². The van der Waals surface area contributed by atoms with Crippen LogP contribution in [0.2, 0.25) is 0 Å². The topological polar surface area (TPSA) is 217 Å². The predicted molar refractivity (Wildman–Crippen MR) is 382 cm³/mol. The van der Waals surface area contributed by atoms with E-state index in [1.54, 1.807) is 90.5 Å². The number of rotatable bonds is 17. The van der Waals surface area contributed by atoms with Gasteiger partial charge in [-0.1, -0.05) is 103 Å². The van der Waals surface area contributed by atoms with Crippen LogP contribution in [-0.4, -0.2) is 101 Å². The Labute approximate surface area is 579 Å². The van der Waals surface area contributed by atoms with Gasteiger partial charge in [0, 0.05) is 74.1 Å². The number of aryl methyl sites for hydroxylation is 3. The molecule has 0 spiro atoms. The van der Waals surface area contributed by atoms with E-state index < -0.39 is 45.9 Å². The fourth-order valence-corrected chi connectivity index (χ4v) is 12.9. The number of carbonyl (C=O) groups is 6. The molecule has 6 aromatic carbocycles. The van der Waals surface area contributed by atoms with E-state index in [-0.39, 0.29) is 105 Å². The maximum absolute atomic E-state index is 14.6. The van der Waals surface area contributed by atoms with Crippen molar-refractivity contribution in [3.05, 3.63) is 232 Å². The molecule has 6 aromatic rings. The van der Waals surface area contributed by atoms with E-state index in [2.05, 4.69) is 10.6 Å². The maximum Gasteiger partial charge on any atom is 0.327 e. The number of sulfone groups is 1. The summed E-state index contributed by atoms with van der Waals surface area (Å²) in [4.78, 5) is 81.8. The molecular formula is C76H93F3N6O9S3. The van der Waals surface area contributed by atoms with Crippen LogP contribution in [0.3, 0.4) is 0 Å². The van der Waals surface area contributed by atoms with Crippen LogP contribution in [0.5, 0.6) is 0 Å². The van der Waals surface area contributed by atoms with Gasteiger partial charge >= 0.3 is 5.97 Å². The van der Waals surface area contributed by atoms with Crippen LogP contribution in [-0.2, 0) is 24.2 Å². The molecule has 21 heteroatoms. The number of halogens is 3. The lowest BCUT2D eigenvalue weighted by Crippen LogP contribution is -2.46. The largest absolute Gasteiger partial charge is 0.480 e. The lowest BCUT2D eigenvalue weighted by molar-refractivity contribution is -0.141. The Bertz CT molecular complexity index is 4000. The van der Waals surface area contributed by atoms with Crippen molar-refractivity contribution in [2.45, 2.75) is 159 Å². The number of nitrogens with one attached hydrogen (secondary N) is 2. The minimum Gasteiger partial charge on any atom is -0.480 e. The molecule has 0 bridgehead atoms. The van der Waals surface area contributed by atoms with Crippen molar-refractivity contribution in [2.24, 2.45) is 23.5 Å². The molecule has 520 valence electrons. The first-order valence-electron chi connectivity index (χ1n) is 30.9. The molecule has 15 nitrogen and oxygen atoms in total. The molecule has 5 amide bonds. The van der Waals surface area contributed by atoms with E-state index in [9.17, 15) is 50.4 Å². The maximum atomic E-state index is 14.6. The predicted octanol–water partition coefficient (Wildman–Crippen LogP) is 15.7. The van der Waals surface area contributed by atoms with Crippen molar-refractivity contribution in [3.63, 3.8) is 0 Å². The number of amides is 5. The van der Waals surface area contributed by atoms with Gasteiger partial charge in [0.1, 0.15) is 35.6 Å². The smallest absolute Gasteiger partial charge is 0.327 e. The fraction of sp³-hybridized carbons (Fsp3) is 0.368. The first-order valence-corrected chi connectivity index (χ1v) is 35.2. The number of nitrogens with two attached hydrogens (primary N) is 1. The molecule has 0 unspecified atom stereocenters. The normalized spacial score (nSPS) is 18.0. The van der Waals surface area contributed by atoms with Crippen molar-refractivity contribution in [1.29, 1.82) is 0 Å². The number of hydrogen-bond acceptors (Lipinski definition) is 11. The number of carboxylic acid groups (broad SMARTS) is 1. The molecule has 3 aliphatic heterocycles. The van der Waals surface area contributed by atoms with E-state index in [0.29, 0.717) is 53.0 Å². The number of carbonyl (C=O) groups excluding carboxylic acids is 5. The Morgan fingerprint density at radius 1 is 0.495 bits per heavy atom. The highest BCUT2D eigenvalue weighted by atomic mass is 32.2. The minimum absolute atomic E-state index is 0. The zero-order valence-electron chi connectivity index (χ0n) is 52.6. The van der Waals surface area contributed by atoms with Gasteiger partial charge in [-0.25, -0.2) is 26.4 Å². The Morgan fingerprint density at radius 2 is 0.835 bits per heavy atom. The highest BCUT2D eigenvalue weighted by Gasteiger charge is 2.41. The average Bonchev–Trinajstić information content (AvgIpc) is 1.73. The van der Waals surface area contributed by atoms with Crippen molar-refractivity contribution < 1.29 is 55.5 Å². The average molecular weight is 1390 g/mol. The minimum atomic E-state index is -3.47. The Balaban J connectivity index is 0.000000242. The van der Waals surface area contributed by atoms with E-state index in [1.165, 1.54) is 57.3 Å². The second-order valence-electron chi connectivity index (χ2n) is 24.2. The summed E-state index contributed by atoms with van der Waals surface area (Å²) < 4.78 is 66.3. The zero-order chi connectivity index (χ0) is 66.8.